The molecule has 1 saturated carbocycles. The largest absolute Gasteiger partial charge is 0.333 e. The maximum Gasteiger partial charge on any atom is 0.248 e. The number of rotatable bonds is 5. The molecule has 6 nitrogen and oxygen atoms in total. The molecule has 24 heavy (non-hydrogen) atoms. The molecule has 128 valence electrons. The van der Waals surface area contributed by atoms with Crippen LogP contribution in [0.15, 0.2) is 24.3 Å². The zero-order valence-corrected chi connectivity index (χ0v) is 14.3. The van der Waals surface area contributed by atoms with Crippen molar-refractivity contribution in [2.24, 2.45) is 5.92 Å². The Hall–Kier alpha value is -2.08. The number of hydrogen-bond acceptors (Lipinski definition) is 3. The van der Waals surface area contributed by atoms with Crippen LogP contribution in [0.2, 0.25) is 5.02 Å². The minimum absolute atomic E-state index is 0.0353. The zero-order chi connectivity index (χ0) is 17.3. The second-order valence-corrected chi connectivity index (χ2v) is 6.59. The molecule has 0 aromatic heterocycles. The second-order valence-electron chi connectivity index (χ2n) is 6.16. The van der Waals surface area contributed by atoms with E-state index in [-0.39, 0.29) is 43.4 Å². The maximum atomic E-state index is 12.5. The van der Waals surface area contributed by atoms with Gasteiger partial charge in [0.15, 0.2) is 0 Å². The number of likely N-dealkylation sites (N-methyl/N-ethyl adjacent to an activating group) is 1. The summed E-state index contributed by atoms with van der Waals surface area (Å²) in [5.41, 5.74) is 0.709. The molecule has 1 aromatic carbocycles. The van der Waals surface area contributed by atoms with Gasteiger partial charge in [-0.2, -0.15) is 0 Å². The monoisotopic (exact) mass is 349 g/mol. The van der Waals surface area contributed by atoms with Crippen molar-refractivity contribution < 1.29 is 14.4 Å². The van der Waals surface area contributed by atoms with E-state index < -0.39 is 0 Å². The molecule has 1 aliphatic heterocycles. The highest BCUT2D eigenvalue weighted by atomic mass is 35.5. The summed E-state index contributed by atoms with van der Waals surface area (Å²) in [7, 11) is 0. The molecule has 2 fully saturated rings. The molecule has 7 heteroatoms. The van der Waals surface area contributed by atoms with Gasteiger partial charge in [0.25, 0.3) is 0 Å². The van der Waals surface area contributed by atoms with Crippen LogP contribution in [0.25, 0.3) is 0 Å². The lowest BCUT2D eigenvalue weighted by Gasteiger charge is -2.24. The third-order valence-electron chi connectivity index (χ3n) is 4.38. The van der Waals surface area contributed by atoms with Gasteiger partial charge in [-0.3, -0.25) is 19.3 Å². The van der Waals surface area contributed by atoms with Gasteiger partial charge in [0, 0.05) is 23.2 Å². The fourth-order valence-electron chi connectivity index (χ4n) is 2.76. The fourth-order valence-corrected chi connectivity index (χ4v) is 2.89. The van der Waals surface area contributed by atoms with E-state index in [2.05, 4.69) is 0 Å². The molecule has 2 aliphatic rings. The summed E-state index contributed by atoms with van der Waals surface area (Å²) >= 11 is 5.86. The summed E-state index contributed by atoms with van der Waals surface area (Å²) in [6.07, 6.45) is 1.83. The van der Waals surface area contributed by atoms with Crippen molar-refractivity contribution >= 4 is 35.0 Å². The van der Waals surface area contributed by atoms with Gasteiger partial charge in [0.05, 0.1) is 6.54 Å². The number of hydrogen-bond donors (Lipinski definition) is 0. The van der Waals surface area contributed by atoms with E-state index in [4.69, 9.17) is 11.6 Å². The minimum Gasteiger partial charge on any atom is -0.333 e. The van der Waals surface area contributed by atoms with Gasteiger partial charge < -0.3 is 9.80 Å². The first-order valence-electron chi connectivity index (χ1n) is 8.12. The molecule has 0 atom stereocenters. The molecule has 0 spiro atoms. The Kier molecular flexibility index (Phi) is 4.76. The molecule has 3 amide bonds. The number of nitrogens with zero attached hydrogens (tertiary/aromatic N) is 3. The van der Waals surface area contributed by atoms with Crippen LogP contribution in [0.5, 0.6) is 0 Å². The van der Waals surface area contributed by atoms with Crippen LogP contribution < -0.4 is 4.90 Å². The van der Waals surface area contributed by atoms with Crippen LogP contribution >= 0.6 is 11.6 Å². The molecular weight excluding hydrogens is 330 g/mol. The van der Waals surface area contributed by atoms with Crippen LogP contribution in [-0.4, -0.2) is 53.8 Å². The zero-order valence-electron chi connectivity index (χ0n) is 13.6. The lowest BCUT2D eigenvalue weighted by atomic mass is 10.3. The molecule has 0 radical (unpaired) electrons. The van der Waals surface area contributed by atoms with Gasteiger partial charge >= 0.3 is 0 Å². The van der Waals surface area contributed by atoms with Crippen molar-refractivity contribution in [3.05, 3.63) is 29.3 Å². The Labute approximate surface area is 146 Å². The van der Waals surface area contributed by atoms with Crippen LogP contribution in [0.3, 0.4) is 0 Å². The average Bonchev–Trinajstić information content (AvgIpc) is 3.35. The van der Waals surface area contributed by atoms with E-state index in [1.165, 1.54) is 4.90 Å². The topological polar surface area (TPSA) is 60.9 Å². The van der Waals surface area contributed by atoms with Crippen LogP contribution in [0, 0.1) is 5.92 Å². The number of halogens is 1. The van der Waals surface area contributed by atoms with Gasteiger partial charge in [-0.25, -0.2) is 0 Å². The Morgan fingerprint density at radius 1 is 1.25 bits per heavy atom. The predicted octanol–water partition coefficient (Wildman–Crippen LogP) is 1.73. The molecule has 0 unspecified atom stereocenters. The second kappa shape index (κ2) is 6.81. The van der Waals surface area contributed by atoms with E-state index in [0.717, 1.165) is 12.8 Å². The van der Waals surface area contributed by atoms with Crippen LogP contribution in [0.1, 0.15) is 19.8 Å². The summed E-state index contributed by atoms with van der Waals surface area (Å²) in [5, 5.41) is 0.593. The molecule has 1 aromatic rings. The van der Waals surface area contributed by atoms with Gasteiger partial charge in [-0.15, -0.1) is 0 Å². The highest BCUT2D eigenvalue weighted by molar-refractivity contribution is 6.30. The van der Waals surface area contributed by atoms with Crippen molar-refractivity contribution in [1.82, 2.24) is 9.80 Å². The van der Waals surface area contributed by atoms with E-state index in [0.29, 0.717) is 17.3 Å². The Morgan fingerprint density at radius 2 is 1.92 bits per heavy atom. The van der Waals surface area contributed by atoms with Gasteiger partial charge in [-0.1, -0.05) is 11.6 Å². The van der Waals surface area contributed by atoms with Crippen molar-refractivity contribution in [2.45, 2.75) is 19.8 Å². The van der Waals surface area contributed by atoms with E-state index in [1.54, 1.807) is 34.1 Å². The lowest BCUT2D eigenvalue weighted by molar-refractivity contribution is -0.140. The Bertz CT molecular complexity index is 658. The lowest BCUT2D eigenvalue weighted by Crippen LogP contribution is -2.43. The van der Waals surface area contributed by atoms with E-state index in [1.807, 2.05) is 6.92 Å². The standard InChI is InChI=1S/C17H20ClN3O3/c1-2-19(17(24)12-3-4-12)9-15(22)20-10-16(23)21(11-20)14-7-5-13(18)6-8-14/h5-8,12H,2-4,9-11H2,1H3. The Balaban J connectivity index is 1.63. The molecule has 3 rings (SSSR count). The average molecular weight is 350 g/mol. The summed E-state index contributed by atoms with van der Waals surface area (Å²) in [5.74, 6) is -0.202. The smallest absolute Gasteiger partial charge is 0.248 e. The van der Waals surface area contributed by atoms with E-state index in [9.17, 15) is 14.4 Å². The van der Waals surface area contributed by atoms with Crippen molar-refractivity contribution in [3.63, 3.8) is 0 Å². The van der Waals surface area contributed by atoms with Crippen LogP contribution in [-0.2, 0) is 14.4 Å². The first-order valence-corrected chi connectivity index (χ1v) is 8.50. The van der Waals surface area contributed by atoms with Gasteiger partial charge in [-0.05, 0) is 44.0 Å². The molecule has 0 N–H and O–H groups in total. The number of carbonyl (C=O) groups excluding carboxylic acids is 3. The number of amides is 3. The molecule has 0 bridgehead atoms. The summed E-state index contributed by atoms with van der Waals surface area (Å²) in [4.78, 5) is 41.4. The minimum atomic E-state index is -0.198. The van der Waals surface area contributed by atoms with Crippen molar-refractivity contribution in [1.29, 1.82) is 0 Å². The quantitative estimate of drug-likeness (QED) is 0.813. The SMILES string of the molecule is CCN(CC(=O)N1CC(=O)N(c2ccc(Cl)cc2)C1)C(=O)C1CC1. The maximum absolute atomic E-state index is 12.5. The highest BCUT2D eigenvalue weighted by Crippen LogP contribution is 2.31. The summed E-state index contributed by atoms with van der Waals surface area (Å²) < 4.78 is 0. The molecule has 1 saturated heterocycles. The summed E-state index contributed by atoms with van der Waals surface area (Å²) in [6, 6.07) is 6.93. The van der Waals surface area contributed by atoms with Crippen molar-refractivity contribution in [2.75, 3.05) is 31.2 Å². The van der Waals surface area contributed by atoms with E-state index >= 15 is 0 Å². The third-order valence-corrected chi connectivity index (χ3v) is 4.63. The summed E-state index contributed by atoms with van der Waals surface area (Å²) in [6.45, 7) is 2.64. The molecule has 1 aliphatic carbocycles. The fraction of sp³-hybridized carbons (Fsp3) is 0.471. The number of carbonyl (C=O) groups is 3. The first-order chi connectivity index (χ1) is 11.5. The molecular formula is C17H20ClN3O3. The number of anilines is 1. The Morgan fingerprint density at radius 3 is 2.50 bits per heavy atom. The number of benzene rings is 1. The van der Waals surface area contributed by atoms with Crippen LogP contribution in [0.4, 0.5) is 5.69 Å². The van der Waals surface area contributed by atoms with Crippen molar-refractivity contribution in [3.8, 4) is 0 Å². The van der Waals surface area contributed by atoms with Gasteiger partial charge in [0.1, 0.15) is 13.2 Å². The molecule has 1 heterocycles. The normalized spacial score (nSPS) is 17.3. The third kappa shape index (κ3) is 3.53. The highest BCUT2D eigenvalue weighted by Gasteiger charge is 2.36. The van der Waals surface area contributed by atoms with Gasteiger partial charge in [0.2, 0.25) is 17.7 Å². The predicted molar refractivity (Wildman–Crippen MR) is 90.5 cm³/mol. The first kappa shape index (κ1) is 16.8.